The van der Waals surface area contributed by atoms with E-state index in [-0.39, 0.29) is 5.91 Å². The molecule has 0 aliphatic carbocycles. The topological polar surface area (TPSA) is 38.8 Å². The molecule has 4 nitrogen and oxygen atoms in total. The number of likely N-dealkylation sites (N-methyl/N-ethyl adjacent to an activating group) is 1. The Hall–Kier alpha value is -2.27. The maximum absolute atomic E-state index is 12.2. The normalized spacial score (nSPS) is 10.7. The molecule has 0 atom stereocenters. The summed E-state index contributed by atoms with van der Waals surface area (Å²) in [7, 11) is 5.03. The zero-order valence-corrected chi connectivity index (χ0v) is 16.2. The Morgan fingerprint density at radius 3 is 2.40 bits per heavy atom. The van der Waals surface area contributed by atoms with Gasteiger partial charge < -0.3 is 14.4 Å². The largest absolute Gasteiger partial charge is 0.493 e. The van der Waals surface area contributed by atoms with Crippen molar-refractivity contribution < 1.29 is 14.3 Å². The molecule has 0 radical (unpaired) electrons. The molecule has 0 N–H and O–H groups in total. The van der Waals surface area contributed by atoms with Crippen molar-refractivity contribution in [2.75, 3.05) is 27.8 Å². The van der Waals surface area contributed by atoms with E-state index in [0.717, 1.165) is 22.0 Å². The molecule has 0 aromatic heterocycles. The Bertz CT molecular complexity index is 741. The van der Waals surface area contributed by atoms with Crippen LogP contribution >= 0.6 is 15.9 Å². The Kier molecular flexibility index (Phi) is 7.07. The number of halogens is 1. The van der Waals surface area contributed by atoms with E-state index in [1.54, 1.807) is 32.2 Å². The van der Waals surface area contributed by atoms with Crippen molar-refractivity contribution in [2.45, 2.75) is 6.42 Å². The van der Waals surface area contributed by atoms with Gasteiger partial charge >= 0.3 is 0 Å². The first-order valence-electron chi connectivity index (χ1n) is 7.93. The third kappa shape index (κ3) is 5.64. The maximum atomic E-state index is 12.2. The summed E-state index contributed by atoms with van der Waals surface area (Å²) in [6.45, 7) is 0.624. The minimum Gasteiger partial charge on any atom is -0.493 e. The quantitative estimate of drug-likeness (QED) is 0.650. The van der Waals surface area contributed by atoms with Gasteiger partial charge in [-0.1, -0.05) is 34.1 Å². The van der Waals surface area contributed by atoms with Crippen LogP contribution in [0.1, 0.15) is 11.1 Å². The first kappa shape index (κ1) is 19.1. The fourth-order valence-electron chi connectivity index (χ4n) is 2.31. The first-order valence-corrected chi connectivity index (χ1v) is 8.72. The van der Waals surface area contributed by atoms with Crippen molar-refractivity contribution in [1.29, 1.82) is 0 Å². The summed E-state index contributed by atoms with van der Waals surface area (Å²) in [4.78, 5) is 13.9. The Balaban J connectivity index is 1.91. The molecule has 0 aliphatic rings. The molecule has 5 heteroatoms. The van der Waals surface area contributed by atoms with Crippen molar-refractivity contribution in [2.24, 2.45) is 0 Å². The van der Waals surface area contributed by atoms with Crippen molar-refractivity contribution in [3.8, 4) is 11.5 Å². The number of amides is 1. The molecule has 2 aromatic rings. The van der Waals surface area contributed by atoms with Crippen molar-refractivity contribution >= 4 is 27.9 Å². The molecule has 132 valence electrons. The lowest BCUT2D eigenvalue weighted by atomic mass is 10.1. The number of hydrogen-bond donors (Lipinski definition) is 0. The number of methoxy groups -OCH3 is 2. The van der Waals surface area contributed by atoms with Gasteiger partial charge in [0.15, 0.2) is 11.5 Å². The summed E-state index contributed by atoms with van der Waals surface area (Å²) >= 11 is 3.39. The van der Waals surface area contributed by atoms with Crippen LogP contribution in [0.15, 0.2) is 53.0 Å². The summed E-state index contributed by atoms with van der Waals surface area (Å²) in [5.74, 6) is 1.38. The molecule has 2 rings (SSSR count). The number of carbonyl (C=O) groups excluding carboxylic acids is 1. The van der Waals surface area contributed by atoms with Crippen LogP contribution in [-0.4, -0.2) is 38.6 Å². The fourth-order valence-corrected chi connectivity index (χ4v) is 2.58. The van der Waals surface area contributed by atoms with Gasteiger partial charge in [0, 0.05) is 24.1 Å². The number of carbonyl (C=O) groups is 1. The van der Waals surface area contributed by atoms with Gasteiger partial charge in [0.05, 0.1) is 14.2 Å². The van der Waals surface area contributed by atoms with Gasteiger partial charge in [-0.2, -0.15) is 0 Å². The van der Waals surface area contributed by atoms with Gasteiger partial charge in [0.2, 0.25) is 5.91 Å². The van der Waals surface area contributed by atoms with Crippen LogP contribution < -0.4 is 9.47 Å². The van der Waals surface area contributed by atoms with Crippen molar-refractivity contribution in [3.05, 3.63) is 64.1 Å². The van der Waals surface area contributed by atoms with E-state index in [9.17, 15) is 4.79 Å². The van der Waals surface area contributed by atoms with Crippen LogP contribution in [0.2, 0.25) is 0 Å². The summed E-state index contributed by atoms with van der Waals surface area (Å²) in [5, 5.41) is 0. The molecule has 0 bridgehead atoms. The van der Waals surface area contributed by atoms with Crippen LogP contribution in [-0.2, 0) is 11.2 Å². The Morgan fingerprint density at radius 1 is 1.08 bits per heavy atom. The van der Waals surface area contributed by atoms with Crippen LogP contribution in [0.3, 0.4) is 0 Å². The zero-order chi connectivity index (χ0) is 18.2. The monoisotopic (exact) mass is 403 g/mol. The molecule has 0 saturated heterocycles. The van der Waals surface area contributed by atoms with E-state index in [2.05, 4.69) is 15.9 Å². The molecule has 0 fully saturated rings. The predicted molar refractivity (Wildman–Crippen MR) is 104 cm³/mol. The van der Waals surface area contributed by atoms with E-state index in [0.29, 0.717) is 18.0 Å². The van der Waals surface area contributed by atoms with E-state index in [1.165, 1.54) is 0 Å². The third-order valence-electron chi connectivity index (χ3n) is 3.85. The molecular weight excluding hydrogens is 382 g/mol. The fraction of sp³-hybridized carbons (Fsp3) is 0.250. The SMILES string of the molecule is COc1ccc(CCN(C)C(=O)C=Cc2ccc(Br)cc2)cc1OC. The highest BCUT2D eigenvalue weighted by Crippen LogP contribution is 2.27. The average Bonchev–Trinajstić information content (AvgIpc) is 2.65. The van der Waals surface area contributed by atoms with Crippen LogP contribution in [0.4, 0.5) is 0 Å². The molecule has 0 spiro atoms. The summed E-state index contributed by atoms with van der Waals surface area (Å²) in [6.07, 6.45) is 4.16. The minimum absolute atomic E-state index is 0.0246. The molecule has 0 aliphatic heterocycles. The number of benzene rings is 2. The molecule has 2 aromatic carbocycles. The molecule has 0 heterocycles. The Morgan fingerprint density at radius 2 is 1.76 bits per heavy atom. The van der Waals surface area contributed by atoms with Crippen molar-refractivity contribution in [3.63, 3.8) is 0 Å². The molecular formula is C20H22BrNO3. The number of ether oxygens (including phenoxy) is 2. The summed E-state index contributed by atoms with van der Waals surface area (Å²) < 4.78 is 11.6. The van der Waals surface area contributed by atoms with Gasteiger partial charge in [-0.05, 0) is 47.9 Å². The second-order valence-corrected chi connectivity index (χ2v) is 6.50. The predicted octanol–water partition coefficient (Wildman–Crippen LogP) is 4.18. The second kappa shape index (κ2) is 9.28. The zero-order valence-electron chi connectivity index (χ0n) is 14.7. The first-order chi connectivity index (χ1) is 12.0. The van der Waals surface area contributed by atoms with E-state index < -0.39 is 0 Å². The van der Waals surface area contributed by atoms with Crippen molar-refractivity contribution in [1.82, 2.24) is 4.90 Å². The smallest absolute Gasteiger partial charge is 0.246 e. The van der Waals surface area contributed by atoms with E-state index >= 15 is 0 Å². The third-order valence-corrected chi connectivity index (χ3v) is 4.38. The molecule has 0 saturated carbocycles. The highest BCUT2D eigenvalue weighted by molar-refractivity contribution is 9.10. The Labute approximate surface area is 157 Å². The van der Waals surface area contributed by atoms with E-state index in [1.807, 2.05) is 48.5 Å². The van der Waals surface area contributed by atoms with Gasteiger partial charge in [-0.25, -0.2) is 0 Å². The molecule has 0 unspecified atom stereocenters. The number of hydrogen-bond acceptors (Lipinski definition) is 3. The second-order valence-electron chi connectivity index (χ2n) is 5.58. The molecule has 25 heavy (non-hydrogen) atoms. The van der Waals surface area contributed by atoms with Gasteiger partial charge in [0.25, 0.3) is 0 Å². The van der Waals surface area contributed by atoms with Gasteiger partial charge in [0.1, 0.15) is 0 Å². The van der Waals surface area contributed by atoms with Crippen LogP contribution in [0.5, 0.6) is 11.5 Å². The number of nitrogens with zero attached hydrogens (tertiary/aromatic N) is 1. The lowest BCUT2D eigenvalue weighted by Gasteiger charge is -2.16. The lowest BCUT2D eigenvalue weighted by molar-refractivity contribution is -0.124. The van der Waals surface area contributed by atoms with Crippen LogP contribution in [0, 0.1) is 0 Å². The maximum Gasteiger partial charge on any atom is 0.246 e. The number of rotatable bonds is 7. The minimum atomic E-state index is -0.0246. The highest BCUT2D eigenvalue weighted by Gasteiger charge is 2.08. The van der Waals surface area contributed by atoms with Gasteiger partial charge in [-0.3, -0.25) is 4.79 Å². The van der Waals surface area contributed by atoms with E-state index in [4.69, 9.17) is 9.47 Å². The highest BCUT2D eigenvalue weighted by atomic mass is 79.9. The summed E-state index contributed by atoms with van der Waals surface area (Å²) in [5.41, 5.74) is 2.08. The van der Waals surface area contributed by atoms with Crippen LogP contribution in [0.25, 0.3) is 6.08 Å². The molecule has 1 amide bonds. The average molecular weight is 404 g/mol. The lowest BCUT2D eigenvalue weighted by Crippen LogP contribution is -2.27. The van der Waals surface area contributed by atoms with Gasteiger partial charge in [-0.15, -0.1) is 0 Å². The summed E-state index contributed by atoms with van der Waals surface area (Å²) in [6, 6.07) is 13.6. The standard InChI is InChI=1S/C20H22BrNO3/c1-22(20(23)11-7-15-4-8-17(21)9-5-15)13-12-16-6-10-18(24-2)19(14-16)25-3/h4-11,14H,12-13H2,1-3H3.